The smallest absolute Gasteiger partial charge is 0.278 e. The maximum atomic E-state index is 11.7. The van der Waals surface area contributed by atoms with Crippen molar-refractivity contribution in [1.29, 1.82) is 0 Å². The van der Waals surface area contributed by atoms with E-state index in [-0.39, 0.29) is 12.3 Å². The van der Waals surface area contributed by atoms with E-state index in [4.69, 9.17) is 4.74 Å². The van der Waals surface area contributed by atoms with Crippen molar-refractivity contribution in [2.75, 3.05) is 6.61 Å². The molecular formula is C18H19N3O4. The summed E-state index contributed by atoms with van der Waals surface area (Å²) >= 11 is 0. The summed E-state index contributed by atoms with van der Waals surface area (Å²) in [6, 6.07) is 13.6. The molecule has 0 atom stereocenters. The van der Waals surface area contributed by atoms with E-state index in [1.54, 1.807) is 30.3 Å². The first kappa shape index (κ1) is 18.1. The Bertz CT molecular complexity index is 770. The van der Waals surface area contributed by atoms with Gasteiger partial charge in [-0.3, -0.25) is 14.9 Å². The topological polar surface area (TPSA) is 93.8 Å². The van der Waals surface area contributed by atoms with Crippen LogP contribution in [0.4, 0.5) is 5.69 Å². The summed E-state index contributed by atoms with van der Waals surface area (Å²) in [4.78, 5) is 22.1. The van der Waals surface area contributed by atoms with E-state index < -0.39 is 10.8 Å². The summed E-state index contributed by atoms with van der Waals surface area (Å²) < 4.78 is 5.37. The fourth-order valence-corrected chi connectivity index (χ4v) is 2.07. The number of ether oxygens (including phenoxy) is 1. The number of hydrogen-bond acceptors (Lipinski definition) is 5. The highest BCUT2D eigenvalue weighted by molar-refractivity contribution is 5.86. The van der Waals surface area contributed by atoms with Gasteiger partial charge in [0, 0.05) is 6.07 Å². The quantitative estimate of drug-likeness (QED) is 0.475. The Morgan fingerprint density at radius 3 is 2.56 bits per heavy atom. The standard InChI is InChI=1S/C18H19N3O4/c1-13(2)14-7-9-16(10-8-14)25-12-18(22)20-19-11-15-5-3-4-6-17(15)21(23)24/h3-11,13H,12H2,1-2H3,(H,20,22)/b19-11-. The number of hydrazone groups is 1. The van der Waals surface area contributed by atoms with Crippen molar-refractivity contribution in [3.63, 3.8) is 0 Å². The molecule has 1 amide bonds. The van der Waals surface area contributed by atoms with E-state index in [0.717, 1.165) is 0 Å². The summed E-state index contributed by atoms with van der Waals surface area (Å²) in [6.07, 6.45) is 1.23. The lowest BCUT2D eigenvalue weighted by atomic mass is 10.0. The molecule has 0 heterocycles. The number of rotatable bonds is 7. The van der Waals surface area contributed by atoms with Crippen LogP contribution in [0, 0.1) is 10.1 Å². The molecule has 7 nitrogen and oxygen atoms in total. The SMILES string of the molecule is CC(C)c1ccc(OCC(=O)N/N=C\c2ccccc2[N+](=O)[O-])cc1. The van der Waals surface area contributed by atoms with E-state index in [2.05, 4.69) is 24.4 Å². The molecule has 0 radical (unpaired) electrons. The van der Waals surface area contributed by atoms with Gasteiger partial charge in [0.15, 0.2) is 6.61 Å². The third-order valence-electron chi connectivity index (χ3n) is 3.44. The Kier molecular flexibility index (Phi) is 6.22. The molecule has 0 aliphatic carbocycles. The van der Waals surface area contributed by atoms with Crippen LogP contribution in [-0.4, -0.2) is 23.7 Å². The van der Waals surface area contributed by atoms with Gasteiger partial charge in [-0.15, -0.1) is 0 Å². The maximum absolute atomic E-state index is 11.7. The lowest BCUT2D eigenvalue weighted by molar-refractivity contribution is -0.385. The molecule has 1 N–H and O–H groups in total. The Balaban J connectivity index is 1.85. The number of benzene rings is 2. The van der Waals surface area contributed by atoms with Crippen LogP contribution >= 0.6 is 0 Å². The number of nitro groups is 1. The second-order valence-corrected chi connectivity index (χ2v) is 5.62. The Labute approximate surface area is 145 Å². The molecule has 2 rings (SSSR count). The largest absolute Gasteiger partial charge is 0.484 e. The van der Waals surface area contributed by atoms with Gasteiger partial charge in [0.25, 0.3) is 11.6 Å². The highest BCUT2D eigenvalue weighted by Gasteiger charge is 2.10. The van der Waals surface area contributed by atoms with Crippen LogP contribution in [0.5, 0.6) is 5.75 Å². The maximum Gasteiger partial charge on any atom is 0.278 e. The summed E-state index contributed by atoms with van der Waals surface area (Å²) in [5, 5.41) is 14.6. The Morgan fingerprint density at radius 1 is 1.24 bits per heavy atom. The highest BCUT2D eigenvalue weighted by atomic mass is 16.6. The van der Waals surface area contributed by atoms with Crippen molar-refractivity contribution >= 4 is 17.8 Å². The van der Waals surface area contributed by atoms with Crippen LogP contribution < -0.4 is 10.2 Å². The van der Waals surface area contributed by atoms with Crippen molar-refractivity contribution in [3.05, 3.63) is 69.8 Å². The first-order chi connectivity index (χ1) is 12.0. The average Bonchev–Trinajstić information content (AvgIpc) is 2.60. The average molecular weight is 341 g/mol. The number of amides is 1. The Hall–Kier alpha value is -3.22. The minimum absolute atomic E-state index is 0.0815. The first-order valence-corrected chi connectivity index (χ1v) is 7.75. The summed E-state index contributed by atoms with van der Waals surface area (Å²) in [7, 11) is 0. The number of nitrogens with one attached hydrogen (secondary N) is 1. The predicted octanol–water partition coefficient (Wildman–Crippen LogP) is 3.25. The first-order valence-electron chi connectivity index (χ1n) is 7.75. The minimum atomic E-state index is -0.507. The zero-order chi connectivity index (χ0) is 18.2. The zero-order valence-electron chi connectivity index (χ0n) is 14.0. The van der Waals surface area contributed by atoms with Gasteiger partial charge in [-0.25, -0.2) is 5.43 Å². The second kappa shape index (κ2) is 8.58. The summed E-state index contributed by atoms with van der Waals surface area (Å²) in [5.74, 6) is 0.554. The molecule has 0 saturated heterocycles. The summed E-state index contributed by atoms with van der Waals surface area (Å²) in [5.41, 5.74) is 3.69. The highest BCUT2D eigenvalue weighted by Crippen LogP contribution is 2.18. The molecule has 0 aromatic heterocycles. The molecule has 0 spiro atoms. The normalized spacial score (nSPS) is 10.8. The van der Waals surface area contributed by atoms with Crippen LogP contribution in [0.2, 0.25) is 0 Å². The molecular weight excluding hydrogens is 322 g/mol. The number of carbonyl (C=O) groups is 1. The molecule has 0 saturated carbocycles. The van der Waals surface area contributed by atoms with E-state index in [0.29, 0.717) is 17.2 Å². The molecule has 7 heteroatoms. The van der Waals surface area contributed by atoms with Gasteiger partial charge in [-0.2, -0.15) is 5.10 Å². The van der Waals surface area contributed by atoms with Gasteiger partial charge >= 0.3 is 0 Å². The minimum Gasteiger partial charge on any atom is -0.484 e. The van der Waals surface area contributed by atoms with Gasteiger partial charge in [-0.1, -0.05) is 38.1 Å². The summed E-state index contributed by atoms with van der Waals surface area (Å²) in [6.45, 7) is 3.99. The van der Waals surface area contributed by atoms with Gasteiger partial charge in [0.2, 0.25) is 0 Å². The van der Waals surface area contributed by atoms with Crippen molar-refractivity contribution in [1.82, 2.24) is 5.43 Å². The van der Waals surface area contributed by atoms with E-state index >= 15 is 0 Å². The number of carbonyl (C=O) groups excluding carboxylic acids is 1. The van der Waals surface area contributed by atoms with Crippen LogP contribution in [-0.2, 0) is 4.79 Å². The van der Waals surface area contributed by atoms with Crippen molar-refractivity contribution in [2.24, 2.45) is 5.10 Å². The molecule has 0 fully saturated rings. The number of nitro benzene ring substituents is 1. The molecule has 2 aromatic rings. The van der Waals surface area contributed by atoms with E-state index in [9.17, 15) is 14.9 Å². The lowest BCUT2D eigenvalue weighted by Gasteiger charge is -2.08. The van der Waals surface area contributed by atoms with Crippen molar-refractivity contribution < 1.29 is 14.5 Å². The van der Waals surface area contributed by atoms with Gasteiger partial charge in [0.05, 0.1) is 16.7 Å². The van der Waals surface area contributed by atoms with Gasteiger partial charge < -0.3 is 4.74 Å². The van der Waals surface area contributed by atoms with Gasteiger partial charge in [-0.05, 0) is 29.7 Å². The second-order valence-electron chi connectivity index (χ2n) is 5.62. The molecule has 130 valence electrons. The number of hydrogen-bond donors (Lipinski definition) is 1. The van der Waals surface area contributed by atoms with Crippen LogP contribution in [0.15, 0.2) is 53.6 Å². The van der Waals surface area contributed by atoms with Gasteiger partial charge in [0.1, 0.15) is 5.75 Å². The van der Waals surface area contributed by atoms with Crippen molar-refractivity contribution in [2.45, 2.75) is 19.8 Å². The number of nitrogens with zero attached hydrogens (tertiary/aromatic N) is 2. The van der Waals surface area contributed by atoms with Crippen LogP contribution in [0.3, 0.4) is 0 Å². The fourth-order valence-electron chi connectivity index (χ4n) is 2.07. The monoisotopic (exact) mass is 341 g/mol. The molecule has 0 bridgehead atoms. The molecule has 0 unspecified atom stereocenters. The molecule has 2 aromatic carbocycles. The molecule has 0 aliphatic heterocycles. The van der Waals surface area contributed by atoms with Crippen LogP contribution in [0.25, 0.3) is 0 Å². The van der Waals surface area contributed by atoms with Crippen LogP contribution in [0.1, 0.15) is 30.9 Å². The Morgan fingerprint density at radius 2 is 1.92 bits per heavy atom. The zero-order valence-corrected chi connectivity index (χ0v) is 14.0. The third-order valence-corrected chi connectivity index (χ3v) is 3.44. The fraction of sp³-hybridized carbons (Fsp3) is 0.222. The molecule has 25 heavy (non-hydrogen) atoms. The van der Waals surface area contributed by atoms with E-state index in [1.807, 2.05) is 12.1 Å². The number of para-hydroxylation sites is 1. The third kappa shape index (κ3) is 5.42. The molecule has 0 aliphatic rings. The van der Waals surface area contributed by atoms with E-state index in [1.165, 1.54) is 17.8 Å². The van der Waals surface area contributed by atoms with Crippen molar-refractivity contribution in [3.8, 4) is 5.75 Å². The predicted molar refractivity (Wildman–Crippen MR) is 94.9 cm³/mol. The lowest BCUT2D eigenvalue weighted by Crippen LogP contribution is -2.24.